The van der Waals surface area contributed by atoms with Gasteiger partial charge < -0.3 is 25.0 Å². The summed E-state index contributed by atoms with van der Waals surface area (Å²) in [6.07, 6.45) is 2.59. The first-order chi connectivity index (χ1) is 16.8. The third kappa shape index (κ3) is 5.28. The number of nitrogens with one attached hydrogen (secondary N) is 2. The van der Waals surface area contributed by atoms with E-state index in [2.05, 4.69) is 32.4 Å². The Balaban J connectivity index is 1.76. The molecule has 0 bridgehead atoms. The first-order valence-electron chi connectivity index (χ1n) is 11.8. The van der Waals surface area contributed by atoms with E-state index in [1.165, 1.54) is 0 Å². The summed E-state index contributed by atoms with van der Waals surface area (Å²) in [6.45, 7) is 8.46. The van der Waals surface area contributed by atoms with Gasteiger partial charge in [0.1, 0.15) is 11.3 Å². The van der Waals surface area contributed by atoms with Crippen molar-refractivity contribution in [3.05, 3.63) is 52.3 Å². The van der Waals surface area contributed by atoms with Gasteiger partial charge in [0.2, 0.25) is 5.88 Å². The number of rotatable bonds is 6. The van der Waals surface area contributed by atoms with Gasteiger partial charge in [-0.2, -0.15) is 0 Å². The van der Waals surface area contributed by atoms with Gasteiger partial charge >= 0.3 is 0 Å². The molecule has 2 N–H and O–H groups in total. The number of carbonyl (C=O) groups is 1. The molecule has 1 aromatic carbocycles. The number of carbonyl (C=O) groups excluding carboxylic acids is 1. The smallest absolute Gasteiger partial charge is 0.255 e. The van der Waals surface area contributed by atoms with Crippen molar-refractivity contribution in [1.82, 2.24) is 20.6 Å². The minimum Gasteiger partial charge on any atom is -0.495 e. The fourth-order valence-electron chi connectivity index (χ4n) is 4.46. The number of methoxy groups -OCH3 is 2. The van der Waals surface area contributed by atoms with E-state index in [4.69, 9.17) is 21.1 Å². The van der Waals surface area contributed by atoms with Crippen LogP contribution in [0.3, 0.4) is 0 Å². The molecular formula is C26H32ClN5O3. The van der Waals surface area contributed by atoms with E-state index >= 15 is 0 Å². The molecular weight excluding hydrogens is 466 g/mol. The molecule has 4 rings (SSSR count). The zero-order valence-corrected chi connectivity index (χ0v) is 21.6. The zero-order chi connectivity index (χ0) is 25.1. The Morgan fingerprint density at radius 2 is 2.06 bits per heavy atom. The lowest BCUT2D eigenvalue weighted by Crippen LogP contribution is -2.33. The average Bonchev–Trinajstić information content (AvgIpc) is 3.06. The number of aryl methyl sites for hydroxylation is 1. The van der Waals surface area contributed by atoms with Crippen LogP contribution in [0.2, 0.25) is 5.02 Å². The summed E-state index contributed by atoms with van der Waals surface area (Å²) in [5.41, 5.74) is 3.72. The highest BCUT2D eigenvalue weighted by atomic mass is 35.5. The van der Waals surface area contributed by atoms with Crippen molar-refractivity contribution >= 4 is 34.1 Å². The van der Waals surface area contributed by atoms with Crippen molar-refractivity contribution in [3.63, 3.8) is 0 Å². The molecule has 0 radical (unpaired) electrons. The third-order valence-corrected chi connectivity index (χ3v) is 6.72. The monoisotopic (exact) mass is 497 g/mol. The lowest BCUT2D eigenvalue weighted by Gasteiger charge is -2.27. The van der Waals surface area contributed by atoms with Gasteiger partial charge in [-0.3, -0.25) is 4.79 Å². The molecule has 0 unspecified atom stereocenters. The molecule has 2 aromatic heterocycles. The Bertz CT molecular complexity index is 1240. The van der Waals surface area contributed by atoms with Gasteiger partial charge in [0, 0.05) is 43.0 Å². The molecule has 3 aromatic rings. The number of nitrogens with zero attached hydrogens (tertiary/aromatic N) is 3. The fraction of sp³-hybridized carbons (Fsp3) is 0.423. The Kier molecular flexibility index (Phi) is 7.62. The summed E-state index contributed by atoms with van der Waals surface area (Å²) in [4.78, 5) is 25.0. The predicted molar refractivity (Wildman–Crippen MR) is 139 cm³/mol. The molecule has 1 amide bonds. The van der Waals surface area contributed by atoms with Crippen LogP contribution in [0.15, 0.2) is 30.5 Å². The first kappa shape index (κ1) is 25.0. The lowest BCUT2D eigenvalue weighted by atomic mass is 10.0. The maximum Gasteiger partial charge on any atom is 0.255 e. The second-order valence-corrected chi connectivity index (χ2v) is 9.32. The quantitative estimate of drug-likeness (QED) is 0.525. The van der Waals surface area contributed by atoms with Crippen LogP contribution < -0.4 is 25.0 Å². The molecule has 186 valence electrons. The van der Waals surface area contributed by atoms with E-state index in [0.29, 0.717) is 33.8 Å². The van der Waals surface area contributed by atoms with Crippen molar-refractivity contribution < 1.29 is 14.3 Å². The van der Waals surface area contributed by atoms with E-state index < -0.39 is 0 Å². The van der Waals surface area contributed by atoms with Gasteiger partial charge in [-0.25, -0.2) is 9.97 Å². The second-order valence-electron chi connectivity index (χ2n) is 8.91. The van der Waals surface area contributed by atoms with Gasteiger partial charge in [0.15, 0.2) is 0 Å². The standard InChI is InChI=1S/C26H32ClN5O3/c1-15-8-10-32(11-9-28-15)24-19-12-16(2)30-26(35-5)23(19)29-14-20(24)25(33)31-17(3)18-6-7-21(27)22(13-18)34-4/h6-7,12-15,17,28H,8-11H2,1-5H3,(H,31,33)/t15-,17-/m0/s1. The van der Waals surface area contributed by atoms with Gasteiger partial charge in [0.05, 0.1) is 36.5 Å². The van der Waals surface area contributed by atoms with Crippen LogP contribution in [-0.4, -0.2) is 55.8 Å². The Morgan fingerprint density at radius 3 is 2.80 bits per heavy atom. The van der Waals surface area contributed by atoms with E-state index in [9.17, 15) is 4.79 Å². The summed E-state index contributed by atoms with van der Waals surface area (Å²) in [6, 6.07) is 7.62. The van der Waals surface area contributed by atoms with Crippen LogP contribution in [0.1, 0.15) is 47.9 Å². The molecule has 0 aliphatic carbocycles. The maximum absolute atomic E-state index is 13.6. The van der Waals surface area contributed by atoms with Crippen molar-refractivity contribution in [2.45, 2.75) is 39.3 Å². The van der Waals surface area contributed by atoms with Crippen LogP contribution in [0.5, 0.6) is 11.6 Å². The fourth-order valence-corrected chi connectivity index (χ4v) is 4.66. The van der Waals surface area contributed by atoms with Crippen LogP contribution in [0, 0.1) is 6.92 Å². The van der Waals surface area contributed by atoms with Crippen LogP contribution in [0.25, 0.3) is 10.9 Å². The summed E-state index contributed by atoms with van der Waals surface area (Å²) in [7, 11) is 3.16. The molecule has 1 aliphatic rings. The highest BCUT2D eigenvalue weighted by molar-refractivity contribution is 6.32. The molecule has 1 fully saturated rings. The van der Waals surface area contributed by atoms with Gasteiger partial charge in [-0.05, 0) is 51.0 Å². The van der Waals surface area contributed by atoms with Crippen LogP contribution in [0.4, 0.5) is 5.69 Å². The number of halogens is 1. The van der Waals surface area contributed by atoms with E-state index in [0.717, 1.165) is 48.4 Å². The predicted octanol–water partition coefficient (Wildman–Crippen LogP) is 4.29. The number of ether oxygens (including phenoxy) is 2. The molecule has 2 atom stereocenters. The number of amides is 1. The first-order valence-corrected chi connectivity index (χ1v) is 12.2. The highest BCUT2D eigenvalue weighted by Gasteiger charge is 2.25. The van der Waals surface area contributed by atoms with E-state index in [1.54, 1.807) is 26.5 Å². The molecule has 9 heteroatoms. The van der Waals surface area contributed by atoms with Crippen LogP contribution in [-0.2, 0) is 0 Å². The number of fused-ring (bicyclic) bond motifs is 1. The minimum absolute atomic E-state index is 0.200. The molecule has 0 spiro atoms. The van der Waals surface area contributed by atoms with Gasteiger partial charge in [-0.1, -0.05) is 17.7 Å². The van der Waals surface area contributed by atoms with Crippen molar-refractivity contribution in [2.24, 2.45) is 0 Å². The summed E-state index contributed by atoms with van der Waals surface area (Å²) in [5, 5.41) is 8.04. The molecule has 35 heavy (non-hydrogen) atoms. The summed E-state index contributed by atoms with van der Waals surface area (Å²) in [5.74, 6) is 0.824. The topological polar surface area (TPSA) is 88.6 Å². The molecule has 1 saturated heterocycles. The number of benzene rings is 1. The lowest BCUT2D eigenvalue weighted by molar-refractivity contribution is 0.0940. The Hall–Kier alpha value is -3.10. The summed E-state index contributed by atoms with van der Waals surface area (Å²) < 4.78 is 10.9. The maximum atomic E-state index is 13.6. The number of hydrogen-bond acceptors (Lipinski definition) is 7. The minimum atomic E-state index is -0.267. The average molecular weight is 498 g/mol. The summed E-state index contributed by atoms with van der Waals surface area (Å²) >= 11 is 6.18. The number of hydrogen-bond donors (Lipinski definition) is 2. The Morgan fingerprint density at radius 1 is 1.26 bits per heavy atom. The molecule has 1 aliphatic heterocycles. The molecule has 0 saturated carbocycles. The highest BCUT2D eigenvalue weighted by Crippen LogP contribution is 2.35. The van der Waals surface area contributed by atoms with Crippen molar-refractivity contribution in [1.29, 1.82) is 0 Å². The molecule has 8 nitrogen and oxygen atoms in total. The Labute approximate surface area is 211 Å². The largest absolute Gasteiger partial charge is 0.495 e. The van der Waals surface area contributed by atoms with Crippen molar-refractivity contribution in [2.75, 3.05) is 38.8 Å². The number of anilines is 1. The third-order valence-electron chi connectivity index (χ3n) is 6.41. The van der Waals surface area contributed by atoms with Crippen molar-refractivity contribution in [3.8, 4) is 11.6 Å². The van der Waals surface area contributed by atoms with E-state index in [-0.39, 0.29) is 11.9 Å². The van der Waals surface area contributed by atoms with Gasteiger partial charge in [0.25, 0.3) is 5.91 Å². The van der Waals surface area contributed by atoms with E-state index in [1.807, 2.05) is 32.0 Å². The molecule has 3 heterocycles. The number of pyridine rings is 2. The van der Waals surface area contributed by atoms with Crippen LogP contribution >= 0.6 is 11.6 Å². The SMILES string of the molecule is COc1cc([C@H](C)NC(=O)c2cnc3c(OC)nc(C)cc3c2N2CCN[C@@H](C)CC2)ccc1Cl. The normalized spacial score (nSPS) is 17.1. The second kappa shape index (κ2) is 10.7. The zero-order valence-electron chi connectivity index (χ0n) is 20.8. The van der Waals surface area contributed by atoms with Gasteiger partial charge in [-0.15, -0.1) is 0 Å². The number of aromatic nitrogens is 2.